The molecule has 3 aliphatic rings. The van der Waals surface area contributed by atoms with Gasteiger partial charge in [0.25, 0.3) is 0 Å². The summed E-state index contributed by atoms with van der Waals surface area (Å²) in [6.45, 7) is 0.688. The smallest absolute Gasteiger partial charge is 0.240 e. The number of carbonyl (C=O) groups is 2. The van der Waals surface area contributed by atoms with Crippen molar-refractivity contribution < 1.29 is 9.59 Å². The topological polar surface area (TPSA) is 62.3 Å². The monoisotopic (exact) mass is 369 g/mol. The zero-order chi connectivity index (χ0) is 17.7. The first kappa shape index (κ1) is 16.4. The Bertz CT molecular complexity index is 817. The fourth-order valence-electron chi connectivity index (χ4n) is 4.75. The summed E-state index contributed by atoms with van der Waals surface area (Å²) in [7, 11) is 0. The average molecular weight is 369 g/mol. The number of likely N-dealkylation sites (tertiary alicyclic amines) is 1. The highest BCUT2D eigenvalue weighted by molar-refractivity contribution is 7.20. The number of fused-ring (bicyclic) bond motifs is 2. The molecule has 136 valence electrons. The second-order valence-corrected chi connectivity index (χ2v) is 8.82. The lowest BCUT2D eigenvalue weighted by Gasteiger charge is -2.40. The van der Waals surface area contributed by atoms with Crippen LogP contribution in [0.15, 0.2) is 24.3 Å². The Balaban J connectivity index is 1.30. The zero-order valence-corrected chi connectivity index (χ0v) is 15.5. The second kappa shape index (κ2) is 6.43. The molecule has 1 amide bonds. The Labute approximate surface area is 156 Å². The first-order valence-corrected chi connectivity index (χ1v) is 10.5. The average Bonchev–Trinajstić information content (AvgIpc) is 3.24. The lowest BCUT2D eigenvalue weighted by Crippen LogP contribution is -2.59. The highest BCUT2D eigenvalue weighted by Crippen LogP contribution is 2.35. The minimum absolute atomic E-state index is 0.00112. The molecule has 5 nitrogen and oxygen atoms in total. The Kier molecular flexibility index (Phi) is 4.05. The van der Waals surface area contributed by atoms with Gasteiger partial charge in [-0.25, -0.2) is 4.98 Å². The summed E-state index contributed by atoms with van der Waals surface area (Å²) < 4.78 is 1.02. The third kappa shape index (κ3) is 2.67. The van der Waals surface area contributed by atoms with Crippen molar-refractivity contribution >= 4 is 33.2 Å². The molecule has 2 unspecified atom stereocenters. The molecule has 1 saturated carbocycles. The van der Waals surface area contributed by atoms with Gasteiger partial charge in [0.05, 0.1) is 22.3 Å². The quantitative estimate of drug-likeness (QED) is 0.845. The van der Waals surface area contributed by atoms with E-state index in [4.69, 9.17) is 0 Å². The molecule has 2 aromatic rings. The van der Waals surface area contributed by atoms with Crippen molar-refractivity contribution in [2.45, 2.75) is 56.7 Å². The van der Waals surface area contributed by atoms with Crippen molar-refractivity contribution in [3.05, 3.63) is 29.3 Å². The predicted molar refractivity (Wildman–Crippen MR) is 101 cm³/mol. The number of aromatic nitrogens is 1. The number of nitrogens with one attached hydrogen (secondary N) is 1. The summed E-state index contributed by atoms with van der Waals surface area (Å²) in [6, 6.07) is 7.87. The minimum Gasteiger partial charge on any atom is -0.331 e. The number of hydrogen-bond donors (Lipinski definition) is 1. The van der Waals surface area contributed by atoms with E-state index in [1.165, 1.54) is 37.0 Å². The summed E-state index contributed by atoms with van der Waals surface area (Å²) in [6.07, 6.45) is 6.64. The summed E-state index contributed by atoms with van der Waals surface area (Å²) in [5, 5.41) is 4.08. The SMILES string of the molecule is O=C(c1nc2ccccc2s1)C1CCN1C(=O)C1C[C@@H]2CCCC[C@@H]2N1. The third-order valence-electron chi connectivity index (χ3n) is 6.27. The Morgan fingerprint density at radius 3 is 2.77 bits per heavy atom. The Hall–Kier alpha value is -1.79. The highest BCUT2D eigenvalue weighted by atomic mass is 32.1. The van der Waals surface area contributed by atoms with E-state index in [1.807, 2.05) is 24.3 Å². The van der Waals surface area contributed by atoms with Gasteiger partial charge in [-0.3, -0.25) is 9.59 Å². The van der Waals surface area contributed by atoms with Crippen LogP contribution in [-0.4, -0.2) is 46.2 Å². The van der Waals surface area contributed by atoms with Gasteiger partial charge in [0.2, 0.25) is 11.7 Å². The van der Waals surface area contributed by atoms with Gasteiger partial charge in [-0.1, -0.05) is 25.0 Å². The first-order valence-electron chi connectivity index (χ1n) is 9.67. The van der Waals surface area contributed by atoms with Crippen LogP contribution >= 0.6 is 11.3 Å². The molecule has 3 fully saturated rings. The van der Waals surface area contributed by atoms with E-state index in [1.54, 1.807) is 4.90 Å². The van der Waals surface area contributed by atoms with Crippen LogP contribution in [0, 0.1) is 5.92 Å². The number of benzene rings is 1. The molecule has 0 bridgehead atoms. The lowest BCUT2D eigenvalue weighted by molar-refractivity contribution is -0.139. The molecule has 26 heavy (non-hydrogen) atoms. The van der Waals surface area contributed by atoms with E-state index in [0.29, 0.717) is 23.5 Å². The number of Topliss-reactive ketones (excluding diaryl/α,β-unsaturated/α-hetero) is 1. The number of nitrogens with zero attached hydrogens (tertiary/aromatic N) is 2. The summed E-state index contributed by atoms with van der Waals surface area (Å²) >= 11 is 1.43. The zero-order valence-electron chi connectivity index (χ0n) is 14.7. The van der Waals surface area contributed by atoms with Crippen molar-refractivity contribution in [1.82, 2.24) is 15.2 Å². The van der Waals surface area contributed by atoms with E-state index in [9.17, 15) is 9.59 Å². The van der Waals surface area contributed by atoms with Crippen molar-refractivity contribution in [2.75, 3.05) is 6.54 Å². The third-order valence-corrected chi connectivity index (χ3v) is 7.32. The molecule has 1 aliphatic carbocycles. The van der Waals surface area contributed by atoms with E-state index in [-0.39, 0.29) is 23.8 Å². The fraction of sp³-hybridized carbons (Fsp3) is 0.550. The second-order valence-electron chi connectivity index (χ2n) is 7.79. The van der Waals surface area contributed by atoms with Gasteiger partial charge in [0.15, 0.2) is 5.01 Å². The minimum atomic E-state index is -0.326. The van der Waals surface area contributed by atoms with Gasteiger partial charge in [-0.2, -0.15) is 0 Å². The lowest BCUT2D eigenvalue weighted by atomic mass is 9.85. The number of thiazole rings is 1. The number of para-hydroxylation sites is 1. The van der Waals surface area contributed by atoms with Crippen molar-refractivity contribution in [3.63, 3.8) is 0 Å². The van der Waals surface area contributed by atoms with Gasteiger partial charge in [0, 0.05) is 12.6 Å². The van der Waals surface area contributed by atoms with E-state index in [2.05, 4.69) is 10.3 Å². The van der Waals surface area contributed by atoms with Crippen LogP contribution in [0.2, 0.25) is 0 Å². The van der Waals surface area contributed by atoms with Crippen LogP contribution in [0.4, 0.5) is 0 Å². The normalized spacial score (nSPS) is 30.8. The predicted octanol–water partition coefficient (Wildman–Crippen LogP) is 3.00. The number of amides is 1. The van der Waals surface area contributed by atoms with E-state index < -0.39 is 0 Å². The molecule has 3 heterocycles. The first-order chi connectivity index (χ1) is 12.7. The van der Waals surface area contributed by atoms with Gasteiger partial charge >= 0.3 is 0 Å². The summed E-state index contributed by atoms with van der Waals surface area (Å²) in [5.74, 6) is 0.753. The van der Waals surface area contributed by atoms with E-state index in [0.717, 1.165) is 23.1 Å². The van der Waals surface area contributed by atoms with Crippen LogP contribution in [0.25, 0.3) is 10.2 Å². The van der Waals surface area contributed by atoms with Crippen molar-refractivity contribution in [2.24, 2.45) is 5.92 Å². The van der Waals surface area contributed by atoms with Crippen molar-refractivity contribution in [1.29, 1.82) is 0 Å². The number of ketones is 1. The number of rotatable bonds is 3. The maximum atomic E-state index is 13.0. The maximum Gasteiger partial charge on any atom is 0.240 e. The van der Waals surface area contributed by atoms with E-state index >= 15 is 0 Å². The van der Waals surface area contributed by atoms with Gasteiger partial charge in [-0.05, 0) is 43.7 Å². The Morgan fingerprint density at radius 1 is 1.15 bits per heavy atom. The largest absolute Gasteiger partial charge is 0.331 e. The van der Waals surface area contributed by atoms with Crippen LogP contribution < -0.4 is 5.32 Å². The molecule has 0 radical (unpaired) electrons. The van der Waals surface area contributed by atoms with Crippen molar-refractivity contribution in [3.8, 4) is 0 Å². The van der Waals surface area contributed by atoms with Crippen LogP contribution in [0.3, 0.4) is 0 Å². The number of carbonyl (C=O) groups excluding carboxylic acids is 2. The van der Waals surface area contributed by atoms with Gasteiger partial charge < -0.3 is 10.2 Å². The molecule has 1 aromatic heterocycles. The molecule has 2 aliphatic heterocycles. The molecule has 2 saturated heterocycles. The van der Waals surface area contributed by atoms with Gasteiger partial charge in [0.1, 0.15) is 0 Å². The van der Waals surface area contributed by atoms with Gasteiger partial charge in [-0.15, -0.1) is 11.3 Å². The van der Waals surface area contributed by atoms with Crippen LogP contribution in [-0.2, 0) is 4.79 Å². The Morgan fingerprint density at radius 2 is 2.00 bits per heavy atom. The molecule has 1 aromatic carbocycles. The molecular weight excluding hydrogens is 346 g/mol. The standard InChI is InChI=1S/C20H23N3O2S/c24-18(19-22-14-7-3-4-8-17(14)26-19)16-9-10-23(16)20(25)15-11-12-5-1-2-6-13(12)21-15/h3-4,7-8,12-13,15-16,21H,1-2,5-6,9-11H2/t12-,13-,15?,16?/m0/s1. The summed E-state index contributed by atoms with van der Waals surface area (Å²) in [4.78, 5) is 32.2. The number of hydrogen-bond acceptors (Lipinski definition) is 5. The van der Waals surface area contributed by atoms with Crippen LogP contribution in [0.5, 0.6) is 0 Å². The molecule has 5 rings (SSSR count). The van der Waals surface area contributed by atoms with Crippen LogP contribution in [0.1, 0.15) is 48.3 Å². The summed E-state index contributed by atoms with van der Waals surface area (Å²) in [5.41, 5.74) is 0.861. The highest BCUT2D eigenvalue weighted by Gasteiger charge is 2.45. The molecule has 0 spiro atoms. The molecule has 6 heteroatoms. The fourth-order valence-corrected chi connectivity index (χ4v) is 5.71. The molecular formula is C20H23N3O2S. The maximum absolute atomic E-state index is 13.0. The molecule has 1 N–H and O–H groups in total. The molecule has 4 atom stereocenters.